The van der Waals surface area contributed by atoms with E-state index in [0.29, 0.717) is 30.3 Å². The van der Waals surface area contributed by atoms with E-state index in [4.69, 9.17) is 0 Å². The van der Waals surface area contributed by atoms with E-state index in [9.17, 15) is 82.6 Å². The molecule has 0 spiro atoms. The Kier molecular flexibility index (Phi) is 17.8. The van der Waals surface area contributed by atoms with Crippen molar-refractivity contribution in [1.29, 1.82) is 0 Å². The van der Waals surface area contributed by atoms with Gasteiger partial charge in [-0.3, -0.25) is 9.11 Å². The molecular weight excluding hydrogens is 869 g/mol. The molecule has 0 aliphatic heterocycles. The van der Waals surface area contributed by atoms with Crippen LogP contribution in [0, 0.1) is 0 Å². The van der Waals surface area contributed by atoms with Gasteiger partial charge in [-0.05, 0) is 48.5 Å². The minimum Gasteiger partial charge on any atom is -0.744 e. The molecule has 0 aromatic heterocycles. The molecule has 0 saturated heterocycles. The molecular formula is C21H12N2Na4O19S6. The fourth-order valence-electron chi connectivity index (χ4n) is 4.31. The number of hydrogen-bond acceptors (Lipinski definition) is 17. The van der Waals surface area contributed by atoms with Gasteiger partial charge in [0, 0.05) is 32.9 Å². The summed E-state index contributed by atoms with van der Waals surface area (Å²) in [5.41, 5.74) is -1.59. The predicted molar refractivity (Wildman–Crippen MR) is 152 cm³/mol. The van der Waals surface area contributed by atoms with Crippen molar-refractivity contribution >= 4 is 99.7 Å². The molecule has 4 aromatic carbocycles. The van der Waals surface area contributed by atoms with E-state index in [-0.39, 0.29) is 136 Å². The van der Waals surface area contributed by atoms with E-state index in [2.05, 4.69) is 0 Å². The molecule has 260 valence electrons. The molecule has 0 atom stereocenters. The molecule has 0 aliphatic rings. The molecule has 4 N–H and O–H groups in total. The molecule has 2 amide bonds. The van der Waals surface area contributed by atoms with E-state index < -0.39 is 129 Å². The number of benzene rings is 4. The van der Waals surface area contributed by atoms with Gasteiger partial charge in [-0.2, -0.15) is 16.8 Å². The predicted octanol–water partition coefficient (Wildman–Crippen LogP) is -12.2. The van der Waals surface area contributed by atoms with Gasteiger partial charge in [0.2, 0.25) is 0 Å². The summed E-state index contributed by atoms with van der Waals surface area (Å²) in [6.45, 7) is 0. The summed E-state index contributed by atoms with van der Waals surface area (Å²) in [5, 5.41) is -0.121. The second kappa shape index (κ2) is 17.7. The zero-order chi connectivity index (χ0) is 36.6. The first-order valence-corrected chi connectivity index (χ1v) is 20.1. The van der Waals surface area contributed by atoms with Crippen LogP contribution >= 0.6 is 0 Å². The molecule has 4 rings (SSSR count). The van der Waals surface area contributed by atoms with Crippen molar-refractivity contribution < 1.29 is 201 Å². The minimum absolute atomic E-state index is 0. The zero-order valence-corrected chi connectivity index (χ0v) is 39.3. The third kappa shape index (κ3) is 12.1. The van der Waals surface area contributed by atoms with Crippen molar-refractivity contribution in [3.05, 3.63) is 48.5 Å². The van der Waals surface area contributed by atoms with E-state index in [1.807, 2.05) is 10.6 Å². The van der Waals surface area contributed by atoms with E-state index >= 15 is 0 Å². The minimum atomic E-state index is -5.72. The Balaban J connectivity index is 0.00000650. The molecule has 52 heavy (non-hydrogen) atoms. The Morgan fingerprint density at radius 1 is 0.423 bits per heavy atom. The molecule has 0 saturated carbocycles. The number of carbonyl (C=O) groups is 1. The maximum atomic E-state index is 12.9. The van der Waals surface area contributed by atoms with Crippen molar-refractivity contribution in [2.75, 3.05) is 10.6 Å². The molecule has 0 heterocycles. The fourth-order valence-corrected chi connectivity index (χ4v) is 8.36. The second-order valence-electron chi connectivity index (χ2n) is 9.33. The molecule has 4 aromatic rings. The number of anilines is 2. The first-order chi connectivity index (χ1) is 21.5. The van der Waals surface area contributed by atoms with E-state index in [0.717, 1.165) is 0 Å². The normalized spacial score (nSPS) is 12.4. The first-order valence-electron chi connectivity index (χ1n) is 11.6. The van der Waals surface area contributed by atoms with Crippen molar-refractivity contribution in [3.8, 4) is 0 Å². The van der Waals surface area contributed by atoms with Crippen LogP contribution in [-0.2, 0) is 60.7 Å². The van der Waals surface area contributed by atoms with E-state index in [1.54, 1.807) is 0 Å². The summed E-state index contributed by atoms with van der Waals surface area (Å²) in [7, 11) is -33.4. The molecule has 0 unspecified atom stereocenters. The second-order valence-corrected chi connectivity index (χ2v) is 17.6. The van der Waals surface area contributed by atoms with E-state index in [1.165, 1.54) is 0 Å². The third-order valence-electron chi connectivity index (χ3n) is 6.12. The van der Waals surface area contributed by atoms with Gasteiger partial charge in [0.05, 0.1) is 24.5 Å². The number of fused-ring (bicyclic) bond motifs is 2. The van der Waals surface area contributed by atoms with Gasteiger partial charge in [0.25, 0.3) is 20.2 Å². The summed E-state index contributed by atoms with van der Waals surface area (Å²) in [6, 6.07) is 1.21. The Labute approximate surface area is 383 Å². The monoisotopic (exact) mass is 880 g/mol. The van der Waals surface area contributed by atoms with Crippen LogP contribution in [-0.4, -0.2) is 83.9 Å². The van der Waals surface area contributed by atoms with Crippen LogP contribution in [0.25, 0.3) is 21.5 Å². The van der Waals surface area contributed by atoms with Gasteiger partial charge in [-0.25, -0.2) is 38.5 Å². The van der Waals surface area contributed by atoms with Gasteiger partial charge in [-0.1, -0.05) is 0 Å². The molecule has 0 aliphatic carbocycles. The van der Waals surface area contributed by atoms with Gasteiger partial charge in [-0.15, -0.1) is 0 Å². The first kappa shape index (κ1) is 52.1. The van der Waals surface area contributed by atoms with Crippen LogP contribution in [0.4, 0.5) is 16.2 Å². The van der Waals surface area contributed by atoms with Crippen LogP contribution in [0.2, 0.25) is 0 Å². The van der Waals surface area contributed by atoms with Crippen molar-refractivity contribution in [3.63, 3.8) is 0 Å². The number of rotatable bonds is 8. The Morgan fingerprint density at radius 2 is 0.731 bits per heavy atom. The molecule has 0 bridgehead atoms. The standard InChI is InChI=1S/C21H16N2O19S6.4Na/c24-21(22-9-1-13-15(17(3-9)45(31,32)33)5-11(43(25,26)27)7-19(13)47(37,38)39)23-10-2-14-16(18(4-10)46(34,35)36)6-12(44(28,29)30)8-20(14)48(40,41)42;;;;/h1-8H,(H2,22,23,24)(H,25,26,27)(H,28,29,30)(H,31,32,33)(H,34,35,36)(H,37,38,39)(H,40,41,42);;;;/q;4*+1/p-4. The largest absolute Gasteiger partial charge is 1.00 e. The molecule has 31 heteroatoms. The maximum Gasteiger partial charge on any atom is 1.00 e. The van der Waals surface area contributed by atoms with Crippen LogP contribution in [0.5, 0.6) is 0 Å². The molecule has 0 radical (unpaired) electrons. The number of carbonyl (C=O) groups excluding carboxylic acids is 1. The van der Waals surface area contributed by atoms with Gasteiger partial charge in [0.15, 0.2) is 0 Å². The number of nitrogens with one attached hydrogen (secondary N) is 2. The topological polar surface area (TPSA) is 379 Å². The molecule has 21 nitrogen and oxygen atoms in total. The SMILES string of the molecule is O=C(Nc1cc(S(=O)(=O)[O-])c2cc(S(=O)(=O)[O-])cc(S(=O)(=O)[O-])c2c1)Nc1cc(S(=O)(=O)O)c2cc(S(=O)(=O)O)cc(S(=O)(=O)[O-])c2c1.[Na+].[Na+].[Na+].[Na+]. The number of hydrogen-bond donors (Lipinski definition) is 4. The summed E-state index contributed by atoms with van der Waals surface area (Å²) in [5.74, 6) is 0. The third-order valence-corrected chi connectivity index (χ3v) is 11.3. The summed E-state index contributed by atoms with van der Waals surface area (Å²) in [4.78, 5) is 4.44. The van der Waals surface area contributed by atoms with Crippen LogP contribution < -0.4 is 129 Å². The Bertz CT molecular complexity index is 2610. The van der Waals surface area contributed by atoms with Crippen molar-refractivity contribution in [2.24, 2.45) is 0 Å². The summed E-state index contributed by atoms with van der Waals surface area (Å²) >= 11 is 0. The summed E-state index contributed by atoms with van der Waals surface area (Å²) in [6.07, 6.45) is 0. The van der Waals surface area contributed by atoms with Gasteiger partial charge in [0.1, 0.15) is 45.4 Å². The number of urea groups is 1. The number of amides is 2. The average Bonchev–Trinajstić information content (AvgIpc) is 2.87. The van der Waals surface area contributed by atoms with Crippen LogP contribution in [0.15, 0.2) is 77.9 Å². The zero-order valence-electron chi connectivity index (χ0n) is 26.4. The van der Waals surface area contributed by atoms with Crippen LogP contribution in [0.1, 0.15) is 0 Å². The summed E-state index contributed by atoms with van der Waals surface area (Å²) < 4.78 is 209. The fraction of sp³-hybridized carbons (Fsp3) is 0. The van der Waals surface area contributed by atoms with Crippen LogP contribution in [0.3, 0.4) is 0 Å². The average molecular weight is 881 g/mol. The Morgan fingerprint density at radius 3 is 1.08 bits per heavy atom. The van der Waals surface area contributed by atoms with Crippen molar-refractivity contribution in [1.82, 2.24) is 0 Å². The smallest absolute Gasteiger partial charge is 0.744 e. The van der Waals surface area contributed by atoms with Gasteiger partial charge >= 0.3 is 124 Å². The van der Waals surface area contributed by atoms with Gasteiger partial charge < -0.3 is 28.8 Å². The maximum absolute atomic E-state index is 12.9. The Hall–Kier alpha value is 0.130. The quantitative estimate of drug-likeness (QED) is 0.0943. The van der Waals surface area contributed by atoms with Crippen molar-refractivity contribution in [2.45, 2.75) is 29.4 Å². The molecule has 0 fully saturated rings.